The van der Waals surface area contributed by atoms with Gasteiger partial charge < -0.3 is 15.7 Å². The Kier molecular flexibility index (Phi) is 5.97. The first kappa shape index (κ1) is 18.9. The second-order valence-electron chi connectivity index (χ2n) is 7.19. The van der Waals surface area contributed by atoms with Gasteiger partial charge in [0, 0.05) is 12.1 Å². The Labute approximate surface area is 150 Å². The van der Waals surface area contributed by atoms with Crippen molar-refractivity contribution < 1.29 is 9.90 Å². The first-order chi connectivity index (χ1) is 11.2. The third kappa shape index (κ3) is 5.01. The number of piperidine rings is 1. The van der Waals surface area contributed by atoms with Crippen molar-refractivity contribution in [1.82, 2.24) is 25.0 Å². The molecule has 2 heterocycles. The second-order valence-corrected chi connectivity index (χ2v) is 7.94. The number of halogens is 1. The van der Waals surface area contributed by atoms with Crippen LogP contribution < -0.4 is 5.73 Å². The number of rotatable bonds is 4. The topological polar surface area (TPSA) is 108 Å². The van der Waals surface area contributed by atoms with E-state index < -0.39 is 6.09 Å². The van der Waals surface area contributed by atoms with Crippen molar-refractivity contribution in [1.29, 1.82) is 0 Å². The van der Waals surface area contributed by atoms with Crippen LogP contribution in [0.25, 0.3) is 0 Å². The van der Waals surface area contributed by atoms with E-state index in [0.717, 1.165) is 25.9 Å². The summed E-state index contributed by atoms with van der Waals surface area (Å²) in [5.41, 5.74) is 5.35. The van der Waals surface area contributed by atoms with Gasteiger partial charge in [0.15, 0.2) is 16.2 Å². The van der Waals surface area contributed by atoms with Crippen molar-refractivity contribution in [2.45, 2.75) is 45.7 Å². The zero-order valence-corrected chi connectivity index (χ0v) is 16.0. The van der Waals surface area contributed by atoms with Gasteiger partial charge >= 0.3 is 6.09 Å². The Morgan fingerprint density at radius 1 is 1.38 bits per heavy atom. The summed E-state index contributed by atoms with van der Waals surface area (Å²) in [7, 11) is 0. The molecule has 0 atom stereocenters. The molecule has 1 fully saturated rings. The van der Waals surface area contributed by atoms with E-state index in [0.29, 0.717) is 35.3 Å². The number of anilines is 1. The number of nitrogens with two attached hydrogens (primary N) is 1. The van der Waals surface area contributed by atoms with Crippen molar-refractivity contribution in [3.05, 3.63) is 10.4 Å². The monoisotopic (exact) mass is 400 g/mol. The molecule has 1 amide bonds. The van der Waals surface area contributed by atoms with Crippen molar-refractivity contribution >= 4 is 27.8 Å². The maximum Gasteiger partial charge on any atom is 0.407 e. The minimum atomic E-state index is -0.852. The molecule has 0 radical (unpaired) electrons. The summed E-state index contributed by atoms with van der Waals surface area (Å²) < 4.78 is 0.459. The fourth-order valence-electron chi connectivity index (χ4n) is 2.85. The minimum absolute atomic E-state index is 0.345. The molecule has 1 aromatic rings. The van der Waals surface area contributed by atoms with E-state index in [4.69, 9.17) is 5.73 Å². The molecular formula is C15H25BrN6O2. The first-order valence-electron chi connectivity index (χ1n) is 8.04. The number of carboxylic acid groups (broad SMARTS) is 1. The number of aromatic nitrogens is 3. The van der Waals surface area contributed by atoms with Gasteiger partial charge in [-0.05, 0) is 68.6 Å². The van der Waals surface area contributed by atoms with Gasteiger partial charge in [-0.2, -0.15) is 0 Å². The largest absolute Gasteiger partial charge is 0.465 e. The summed E-state index contributed by atoms with van der Waals surface area (Å²) in [4.78, 5) is 19.5. The number of nitrogen functional groups attached to an aromatic ring is 1. The summed E-state index contributed by atoms with van der Waals surface area (Å²) in [5.74, 6) is 1.33. The molecule has 1 aliphatic heterocycles. The molecule has 24 heavy (non-hydrogen) atoms. The smallest absolute Gasteiger partial charge is 0.407 e. The number of nitrogens with zero attached hydrogens (tertiary/aromatic N) is 5. The number of likely N-dealkylation sites (tertiary alicyclic amines) is 1. The summed E-state index contributed by atoms with van der Waals surface area (Å²) in [5, 5.41) is 17.4. The Hall–Kier alpha value is -1.48. The summed E-state index contributed by atoms with van der Waals surface area (Å²) in [6.45, 7) is 8.76. The average molecular weight is 401 g/mol. The molecule has 0 bridgehead atoms. The van der Waals surface area contributed by atoms with E-state index >= 15 is 0 Å². The fraction of sp³-hybridized carbons (Fsp3) is 0.733. The third-order valence-electron chi connectivity index (χ3n) is 4.27. The molecule has 0 unspecified atom stereocenters. The van der Waals surface area contributed by atoms with Gasteiger partial charge in [0.25, 0.3) is 0 Å². The zero-order chi connectivity index (χ0) is 17.9. The molecule has 9 heteroatoms. The zero-order valence-electron chi connectivity index (χ0n) is 14.4. The van der Waals surface area contributed by atoms with Crippen molar-refractivity contribution in [2.24, 2.45) is 5.92 Å². The number of carbonyl (C=O) groups is 1. The molecule has 8 nitrogen and oxygen atoms in total. The Balaban J connectivity index is 1.86. The van der Waals surface area contributed by atoms with Crippen LogP contribution in [0.2, 0.25) is 0 Å². The van der Waals surface area contributed by atoms with Crippen LogP contribution in [0.1, 0.15) is 39.4 Å². The molecule has 134 valence electrons. The lowest BCUT2D eigenvalue weighted by atomic mass is 9.94. The third-order valence-corrected chi connectivity index (χ3v) is 4.83. The molecule has 3 N–H and O–H groups in total. The normalized spacial score (nSPS) is 17.0. The molecule has 0 aromatic carbocycles. The lowest BCUT2D eigenvalue weighted by molar-refractivity contribution is 0.0729. The molecular weight excluding hydrogens is 376 g/mol. The van der Waals surface area contributed by atoms with E-state index in [-0.39, 0.29) is 5.54 Å². The van der Waals surface area contributed by atoms with Gasteiger partial charge in [-0.1, -0.05) is 0 Å². The highest BCUT2D eigenvalue weighted by Gasteiger charge is 2.30. The summed E-state index contributed by atoms with van der Waals surface area (Å²) in [6.07, 6.45) is 1.06. The van der Waals surface area contributed by atoms with Crippen LogP contribution in [0.4, 0.5) is 10.6 Å². The SMILES string of the molecule is CC(C)(C)N(CC1CCN(Cc2nnc(Br)c(N)n2)CC1)C(=O)O. The van der Waals surface area contributed by atoms with E-state index in [1.807, 2.05) is 20.8 Å². The van der Waals surface area contributed by atoms with E-state index in [9.17, 15) is 9.90 Å². The highest BCUT2D eigenvalue weighted by Crippen LogP contribution is 2.23. The molecule has 1 saturated heterocycles. The van der Waals surface area contributed by atoms with Gasteiger partial charge in [0.05, 0.1) is 6.54 Å². The van der Waals surface area contributed by atoms with Crippen LogP contribution in [-0.4, -0.2) is 61.4 Å². The maximum absolute atomic E-state index is 11.5. The van der Waals surface area contributed by atoms with Crippen molar-refractivity contribution in [3.63, 3.8) is 0 Å². The lowest BCUT2D eigenvalue weighted by Gasteiger charge is -2.38. The molecule has 1 aromatic heterocycles. The molecule has 0 saturated carbocycles. The lowest BCUT2D eigenvalue weighted by Crippen LogP contribution is -2.48. The summed E-state index contributed by atoms with van der Waals surface area (Å²) >= 11 is 3.19. The van der Waals surface area contributed by atoms with Crippen molar-refractivity contribution in [3.8, 4) is 0 Å². The highest BCUT2D eigenvalue weighted by atomic mass is 79.9. The van der Waals surface area contributed by atoms with E-state index in [2.05, 4.69) is 36.0 Å². The Morgan fingerprint density at radius 2 is 2.00 bits per heavy atom. The van der Waals surface area contributed by atoms with Crippen LogP contribution in [0, 0.1) is 5.92 Å². The molecule has 2 rings (SSSR count). The second kappa shape index (κ2) is 7.60. The first-order valence-corrected chi connectivity index (χ1v) is 8.83. The predicted molar refractivity (Wildman–Crippen MR) is 94.4 cm³/mol. The van der Waals surface area contributed by atoms with Gasteiger partial charge in [-0.3, -0.25) is 4.90 Å². The number of amides is 1. The maximum atomic E-state index is 11.5. The van der Waals surface area contributed by atoms with Crippen LogP contribution in [-0.2, 0) is 6.54 Å². The molecule has 0 aliphatic carbocycles. The number of hydrogen-bond donors (Lipinski definition) is 2. The quantitative estimate of drug-likeness (QED) is 0.796. The average Bonchev–Trinajstić information content (AvgIpc) is 2.48. The van der Waals surface area contributed by atoms with Crippen LogP contribution in [0.15, 0.2) is 4.60 Å². The molecule has 0 spiro atoms. The molecule has 1 aliphatic rings. The predicted octanol–water partition coefficient (Wildman–Crippen LogP) is 2.21. The number of hydrogen-bond acceptors (Lipinski definition) is 6. The fourth-order valence-corrected chi connectivity index (χ4v) is 3.02. The van der Waals surface area contributed by atoms with Gasteiger partial charge in [-0.15, -0.1) is 10.2 Å². The Bertz CT molecular complexity index is 584. The Morgan fingerprint density at radius 3 is 2.50 bits per heavy atom. The van der Waals surface area contributed by atoms with Crippen LogP contribution >= 0.6 is 15.9 Å². The standard InChI is InChI=1S/C15H25BrN6O2/c1-15(2,3)22(14(23)24)8-10-4-6-21(7-5-10)9-11-18-13(17)12(16)20-19-11/h10H,4-9H2,1-3H3,(H,23,24)(H2,17,18,19). The van der Waals surface area contributed by atoms with Crippen LogP contribution in [0.3, 0.4) is 0 Å². The van der Waals surface area contributed by atoms with Crippen molar-refractivity contribution in [2.75, 3.05) is 25.4 Å². The van der Waals surface area contributed by atoms with Gasteiger partial charge in [0.2, 0.25) is 0 Å². The summed E-state index contributed by atoms with van der Waals surface area (Å²) in [6, 6.07) is 0. The minimum Gasteiger partial charge on any atom is -0.465 e. The van der Waals surface area contributed by atoms with Gasteiger partial charge in [-0.25, -0.2) is 9.78 Å². The van der Waals surface area contributed by atoms with Gasteiger partial charge in [0.1, 0.15) is 0 Å². The highest BCUT2D eigenvalue weighted by molar-refractivity contribution is 9.10. The van der Waals surface area contributed by atoms with Crippen LogP contribution in [0.5, 0.6) is 0 Å². The van der Waals surface area contributed by atoms with E-state index in [1.165, 1.54) is 4.90 Å². The van der Waals surface area contributed by atoms with E-state index in [1.54, 1.807) is 0 Å².